The molecule has 176 valence electrons. The highest BCUT2D eigenvalue weighted by molar-refractivity contribution is 5.70. The fourth-order valence-corrected chi connectivity index (χ4v) is 4.20. The second-order valence-corrected chi connectivity index (χ2v) is 8.43. The van der Waals surface area contributed by atoms with Crippen molar-refractivity contribution in [3.05, 3.63) is 77.4 Å². The highest BCUT2D eigenvalue weighted by Gasteiger charge is 2.41. The van der Waals surface area contributed by atoms with E-state index in [9.17, 15) is 9.90 Å². The number of nitriles is 1. The van der Waals surface area contributed by atoms with Gasteiger partial charge in [-0.2, -0.15) is 10.4 Å². The second kappa shape index (κ2) is 10.1. The molecule has 1 aliphatic rings. The molecule has 1 fully saturated rings. The summed E-state index contributed by atoms with van der Waals surface area (Å²) in [4.78, 5) is 24.5. The Labute approximate surface area is 202 Å². The van der Waals surface area contributed by atoms with E-state index in [1.54, 1.807) is 30.5 Å². The quantitative estimate of drug-likeness (QED) is 0.341. The summed E-state index contributed by atoms with van der Waals surface area (Å²) in [7, 11) is 0. The van der Waals surface area contributed by atoms with Crippen molar-refractivity contribution in [2.24, 2.45) is 5.11 Å². The van der Waals surface area contributed by atoms with Gasteiger partial charge in [0.25, 0.3) is 0 Å². The molecule has 0 saturated heterocycles. The molecule has 1 aliphatic carbocycles. The Balaban J connectivity index is 1.53. The Bertz CT molecular complexity index is 1340. The molecule has 10 heteroatoms. The predicted octanol–water partition coefficient (Wildman–Crippen LogP) is 4.01. The van der Waals surface area contributed by atoms with Gasteiger partial charge in [0, 0.05) is 22.9 Å². The molecule has 2 aromatic heterocycles. The number of carboxylic acid groups (broad SMARTS) is 1. The first kappa shape index (κ1) is 23.5. The number of aliphatic carboxylic acids is 1. The highest BCUT2D eigenvalue weighted by Crippen LogP contribution is 2.45. The van der Waals surface area contributed by atoms with Crippen LogP contribution in [0.1, 0.15) is 48.3 Å². The minimum absolute atomic E-state index is 0.0213. The first-order valence-electron chi connectivity index (χ1n) is 11.1. The van der Waals surface area contributed by atoms with Crippen LogP contribution in [0.25, 0.3) is 17.0 Å². The standard InChI is InChI=1S/C25H24N8O2/c26-13-16-4-1-5-17(10-16)19-11-20(32-24(27)31-19)21(33-28)15-29-14-18-6-2-7-22(30-18)25(8-3-9-25)12-23(34)35/h1-2,4-7,10-11,15,28-29H,3,8-9,12,14H2,(H,34,35)(H2,27,31,32)/b21-15-,33-28?. The SMILES string of the molecule is N#Cc1cccc(-c2cc(/C(=C/NCc3cccc(C4(CC(=O)O)CCC4)n3)N=N)nc(N)n2)c1. The number of pyridine rings is 1. The lowest BCUT2D eigenvalue weighted by Gasteiger charge is -2.40. The third-order valence-corrected chi connectivity index (χ3v) is 6.09. The maximum absolute atomic E-state index is 11.3. The van der Waals surface area contributed by atoms with Crippen LogP contribution in [-0.4, -0.2) is 26.0 Å². The molecule has 4 rings (SSSR count). The van der Waals surface area contributed by atoms with Gasteiger partial charge in [-0.15, -0.1) is 0 Å². The van der Waals surface area contributed by atoms with E-state index in [0.29, 0.717) is 29.1 Å². The molecule has 0 amide bonds. The summed E-state index contributed by atoms with van der Waals surface area (Å²) in [6, 6.07) is 16.3. The zero-order chi connectivity index (χ0) is 24.8. The van der Waals surface area contributed by atoms with Gasteiger partial charge in [-0.3, -0.25) is 9.78 Å². The van der Waals surface area contributed by atoms with Crippen LogP contribution in [0.15, 0.2) is 59.8 Å². The molecular formula is C25H24N8O2. The van der Waals surface area contributed by atoms with E-state index in [0.717, 1.165) is 30.7 Å². The summed E-state index contributed by atoms with van der Waals surface area (Å²) in [5, 5.41) is 25.1. The van der Waals surface area contributed by atoms with Gasteiger partial charge in [-0.05, 0) is 43.2 Å². The lowest BCUT2D eigenvalue weighted by atomic mass is 9.64. The Morgan fingerprint density at radius 1 is 1.23 bits per heavy atom. The van der Waals surface area contributed by atoms with Crippen molar-refractivity contribution in [3.8, 4) is 17.3 Å². The first-order chi connectivity index (χ1) is 16.9. The third-order valence-electron chi connectivity index (χ3n) is 6.09. The molecule has 35 heavy (non-hydrogen) atoms. The predicted molar refractivity (Wildman–Crippen MR) is 129 cm³/mol. The van der Waals surface area contributed by atoms with Crippen LogP contribution >= 0.6 is 0 Å². The van der Waals surface area contributed by atoms with Crippen molar-refractivity contribution >= 4 is 17.6 Å². The summed E-state index contributed by atoms with van der Waals surface area (Å²) in [5.41, 5.74) is 17.0. The fourth-order valence-electron chi connectivity index (χ4n) is 4.20. The van der Waals surface area contributed by atoms with Crippen molar-refractivity contribution < 1.29 is 9.90 Å². The van der Waals surface area contributed by atoms with Crippen LogP contribution in [0.2, 0.25) is 0 Å². The molecule has 2 heterocycles. The maximum Gasteiger partial charge on any atom is 0.304 e. The number of hydrogen-bond donors (Lipinski definition) is 4. The van der Waals surface area contributed by atoms with Gasteiger partial charge in [0.05, 0.1) is 41.7 Å². The molecule has 0 radical (unpaired) electrons. The zero-order valence-corrected chi connectivity index (χ0v) is 18.9. The zero-order valence-electron chi connectivity index (χ0n) is 18.9. The smallest absolute Gasteiger partial charge is 0.304 e. The van der Waals surface area contributed by atoms with Gasteiger partial charge >= 0.3 is 5.97 Å². The van der Waals surface area contributed by atoms with Crippen LogP contribution in [0.3, 0.4) is 0 Å². The van der Waals surface area contributed by atoms with Crippen LogP contribution in [0, 0.1) is 16.9 Å². The molecule has 0 unspecified atom stereocenters. The van der Waals surface area contributed by atoms with E-state index in [-0.39, 0.29) is 18.1 Å². The normalized spacial score (nSPS) is 14.4. The molecule has 3 aromatic rings. The number of nitrogen functional groups attached to an aromatic ring is 1. The Hall–Kier alpha value is -4.65. The number of nitrogens with one attached hydrogen (secondary N) is 2. The molecule has 10 nitrogen and oxygen atoms in total. The monoisotopic (exact) mass is 468 g/mol. The molecule has 0 aliphatic heterocycles. The average molecular weight is 469 g/mol. The molecule has 5 N–H and O–H groups in total. The van der Waals surface area contributed by atoms with E-state index in [4.69, 9.17) is 21.5 Å². The lowest BCUT2D eigenvalue weighted by Crippen LogP contribution is -2.37. The summed E-state index contributed by atoms with van der Waals surface area (Å²) in [6.07, 6.45) is 4.27. The van der Waals surface area contributed by atoms with Crippen molar-refractivity contribution in [2.75, 3.05) is 5.73 Å². The van der Waals surface area contributed by atoms with E-state index in [1.165, 1.54) is 0 Å². The van der Waals surface area contributed by atoms with Gasteiger partial charge in [0.2, 0.25) is 5.95 Å². The average Bonchev–Trinajstić information content (AvgIpc) is 2.84. The number of anilines is 1. The van der Waals surface area contributed by atoms with Crippen molar-refractivity contribution in [1.82, 2.24) is 20.3 Å². The minimum Gasteiger partial charge on any atom is -0.481 e. The minimum atomic E-state index is -0.817. The Morgan fingerprint density at radius 2 is 2.03 bits per heavy atom. The Morgan fingerprint density at radius 3 is 2.71 bits per heavy atom. The van der Waals surface area contributed by atoms with E-state index >= 15 is 0 Å². The lowest BCUT2D eigenvalue weighted by molar-refractivity contribution is -0.139. The summed E-state index contributed by atoms with van der Waals surface area (Å²) < 4.78 is 0. The fraction of sp³-hybridized carbons (Fsp3) is 0.240. The Kier molecular flexibility index (Phi) is 6.78. The molecular weight excluding hydrogens is 444 g/mol. The largest absolute Gasteiger partial charge is 0.481 e. The van der Waals surface area contributed by atoms with Crippen molar-refractivity contribution in [3.63, 3.8) is 0 Å². The van der Waals surface area contributed by atoms with E-state index < -0.39 is 11.4 Å². The molecule has 0 atom stereocenters. The number of aromatic nitrogens is 3. The molecule has 1 aromatic carbocycles. The highest BCUT2D eigenvalue weighted by atomic mass is 16.4. The molecule has 0 bridgehead atoms. The van der Waals surface area contributed by atoms with Crippen molar-refractivity contribution in [2.45, 2.75) is 37.6 Å². The summed E-state index contributed by atoms with van der Waals surface area (Å²) in [5.74, 6) is -0.796. The van der Waals surface area contributed by atoms with Gasteiger partial charge < -0.3 is 16.2 Å². The first-order valence-corrected chi connectivity index (χ1v) is 11.1. The van der Waals surface area contributed by atoms with Gasteiger partial charge in [0.1, 0.15) is 5.70 Å². The van der Waals surface area contributed by atoms with E-state index in [2.05, 4.69) is 26.5 Å². The second-order valence-electron chi connectivity index (χ2n) is 8.43. The number of rotatable bonds is 9. The van der Waals surface area contributed by atoms with E-state index in [1.807, 2.05) is 24.3 Å². The summed E-state index contributed by atoms with van der Waals surface area (Å²) >= 11 is 0. The van der Waals surface area contributed by atoms with Gasteiger partial charge in [0.15, 0.2) is 0 Å². The number of hydrogen-bond acceptors (Lipinski definition) is 9. The third kappa shape index (κ3) is 5.30. The number of nitrogens with zero attached hydrogens (tertiary/aromatic N) is 5. The number of carbonyl (C=O) groups is 1. The maximum atomic E-state index is 11.3. The van der Waals surface area contributed by atoms with Crippen LogP contribution < -0.4 is 11.1 Å². The van der Waals surface area contributed by atoms with Crippen molar-refractivity contribution in [1.29, 1.82) is 10.8 Å². The number of nitrogens with two attached hydrogens (primary N) is 1. The van der Waals surface area contributed by atoms with Crippen LogP contribution in [0.5, 0.6) is 0 Å². The van der Waals surface area contributed by atoms with Gasteiger partial charge in [-0.1, -0.05) is 24.6 Å². The van der Waals surface area contributed by atoms with Crippen LogP contribution in [0.4, 0.5) is 5.95 Å². The van der Waals surface area contributed by atoms with Crippen LogP contribution in [-0.2, 0) is 16.8 Å². The van der Waals surface area contributed by atoms with Gasteiger partial charge in [-0.25, -0.2) is 15.5 Å². The molecule has 0 spiro atoms. The number of benzene rings is 1. The molecule has 1 saturated carbocycles. The summed E-state index contributed by atoms with van der Waals surface area (Å²) in [6.45, 7) is 0.355. The topological polar surface area (TPSA) is 174 Å². The number of carboxylic acids is 1.